The summed E-state index contributed by atoms with van der Waals surface area (Å²) in [4.78, 5) is 14.3. The van der Waals surface area contributed by atoms with E-state index in [1.165, 1.54) is 0 Å². The van der Waals surface area contributed by atoms with E-state index in [1.807, 2.05) is 16.3 Å². The highest BCUT2D eigenvalue weighted by Crippen LogP contribution is 2.36. The number of thiophene rings is 1. The molecule has 0 aliphatic carbocycles. The molecule has 0 bridgehead atoms. The molecule has 21 heavy (non-hydrogen) atoms. The van der Waals surface area contributed by atoms with Gasteiger partial charge in [-0.1, -0.05) is 0 Å². The first kappa shape index (κ1) is 15.0. The van der Waals surface area contributed by atoms with Crippen LogP contribution in [-0.4, -0.2) is 49.3 Å². The summed E-state index contributed by atoms with van der Waals surface area (Å²) in [5.74, 6) is 0.238. The Bertz CT molecular complexity index is 466. The van der Waals surface area contributed by atoms with Crippen molar-refractivity contribution < 1.29 is 14.3 Å². The van der Waals surface area contributed by atoms with Crippen molar-refractivity contribution in [3.05, 3.63) is 22.4 Å². The first-order valence-electron chi connectivity index (χ1n) is 7.66. The van der Waals surface area contributed by atoms with Gasteiger partial charge >= 0.3 is 0 Å². The van der Waals surface area contributed by atoms with Crippen molar-refractivity contribution in [2.75, 3.05) is 26.8 Å². The van der Waals surface area contributed by atoms with Crippen LogP contribution in [0.15, 0.2) is 16.8 Å². The Morgan fingerprint density at radius 3 is 3.00 bits per heavy atom. The van der Waals surface area contributed by atoms with Crippen LogP contribution in [0.25, 0.3) is 0 Å². The van der Waals surface area contributed by atoms with E-state index in [0.29, 0.717) is 12.5 Å². The molecule has 1 aromatic rings. The van der Waals surface area contributed by atoms with Gasteiger partial charge in [0.2, 0.25) is 5.91 Å². The standard InChI is InChI=1S/C16H23NO3S/c1-19-14-2-8-20-16(11-14)4-6-17(7-5-16)15(18)10-13-3-9-21-12-13/h3,9,12,14H,2,4-8,10-11H2,1H3. The number of hydrogen-bond donors (Lipinski definition) is 0. The third kappa shape index (κ3) is 3.47. The Kier molecular flexibility index (Phi) is 4.62. The fourth-order valence-corrected chi connectivity index (χ4v) is 4.04. The van der Waals surface area contributed by atoms with E-state index in [1.54, 1.807) is 18.4 Å². The molecule has 0 aromatic carbocycles. The first-order chi connectivity index (χ1) is 10.2. The second-order valence-electron chi connectivity index (χ2n) is 6.07. The zero-order valence-corrected chi connectivity index (χ0v) is 13.4. The molecule has 4 nitrogen and oxygen atoms in total. The van der Waals surface area contributed by atoms with E-state index in [0.717, 1.165) is 50.9 Å². The third-order valence-corrected chi connectivity index (χ3v) is 5.48. The fourth-order valence-electron chi connectivity index (χ4n) is 3.38. The summed E-state index contributed by atoms with van der Waals surface area (Å²) in [5.41, 5.74) is 1.07. The van der Waals surface area contributed by atoms with Crippen LogP contribution < -0.4 is 0 Å². The van der Waals surface area contributed by atoms with Crippen molar-refractivity contribution in [1.29, 1.82) is 0 Å². The Labute approximate surface area is 130 Å². The van der Waals surface area contributed by atoms with Crippen molar-refractivity contribution >= 4 is 17.2 Å². The lowest BCUT2D eigenvalue weighted by Crippen LogP contribution is -2.52. The molecule has 0 radical (unpaired) electrons. The minimum atomic E-state index is -0.0575. The summed E-state index contributed by atoms with van der Waals surface area (Å²) in [6.45, 7) is 2.39. The number of ether oxygens (including phenoxy) is 2. The minimum Gasteiger partial charge on any atom is -0.381 e. The molecule has 5 heteroatoms. The molecule has 1 spiro atoms. The number of carbonyl (C=O) groups is 1. The Hall–Kier alpha value is -0.910. The second kappa shape index (κ2) is 6.46. The van der Waals surface area contributed by atoms with Crippen LogP contribution in [0.1, 0.15) is 31.2 Å². The van der Waals surface area contributed by atoms with Gasteiger partial charge in [-0.2, -0.15) is 11.3 Å². The van der Waals surface area contributed by atoms with Crippen molar-refractivity contribution in [1.82, 2.24) is 4.90 Å². The van der Waals surface area contributed by atoms with E-state index in [-0.39, 0.29) is 11.5 Å². The van der Waals surface area contributed by atoms with Gasteiger partial charge in [0.25, 0.3) is 0 Å². The number of piperidine rings is 1. The summed E-state index contributed by atoms with van der Waals surface area (Å²) in [6.07, 6.45) is 4.66. The second-order valence-corrected chi connectivity index (χ2v) is 6.85. The van der Waals surface area contributed by atoms with Gasteiger partial charge in [0.05, 0.1) is 18.1 Å². The smallest absolute Gasteiger partial charge is 0.227 e. The zero-order chi connectivity index (χ0) is 14.7. The molecule has 2 fully saturated rings. The molecule has 2 aliphatic heterocycles. The zero-order valence-electron chi connectivity index (χ0n) is 12.5. The number of amides is 1. The Morgan fingerprint density at radius 1 is 1.52 bits per heavy atom. The number of hydrogen-bond acceptors (Lipinski definition) is 4. The van der Waals surface area contributed by atoms with Crippen LogP contribution >= 0.6 is 11.3 Å². The molecule has 1 amide bonds. The van der Waals surface area contributed by atoms with Crippen LogP contribution in [0.2, 0.25) is 0 Å². The molecule has 2 saturated heterocycles. The molecular formula is C16H23NO3S. The Balaban J connectivity index is 1.53. The van der Waals surface area contributed by atoms with Gasteiger partial charge in [0.1, 0.15) is 0 Å². The maximum absolute atomic E-state index is 12.3. The predicted octanol–water partition coefficient (Wildman–Crippen LogP) is 2.48. The van der Waals surface area contributed by atoms with Gasteiger partial charge in [-0.05, 0) is 41.7 Å². The first-order valence-corrected chi connectivity index (χ1v) is 8.61. The molecule has 3 rings (SSSR count). The summed E-state index contributed by atoms with van der Waals surface area (Å²) in [6, 6.07) is 2.03. The number of methoxy groups -OCH3 is 1. The van der Waals surface area contributed by atoms with Crippen molar-refractivity contribution in [2.24, 2.45) is 0 Å². The lowest BCUT2D eigenvalue weighted by atomic mass is 9.83. The van der Waals surface area contributed by atoms with Gasteiger partial charge < -0.3 is 14.4 Å². The summed E-state index contributed by atoms with van der Waals surface area (Å²) in [7, 11) is 1.78. The average molecular weight is 309 g/mol. The van der Waals surface area contributed by atoms with Crippen molar-refractivity contribution in [3.8, 4) is 0 Å². The number of rotatable bonds is 3. The highest BCUT2D eigenvalue weighted by atomic mass is 32.1. The summed E-state index contributed by atoms with van der Waals surface area (Å²) in [5, 5.41) is 4.07. The highest BCUT2D eigenvalue weighted by molar-refractivity contribution is 7.07. The molecule has 0 N–H and O–H groups in total. The van der Waals surface area contributed by atoms with E-state index >= 15 is 0 Å². The monoisotopic (exact) mass is 309 g/mol. The minimum absolute atomic E-state index is 0.0575. The van der Waals surface area contributed by atoms with Crippen LogP contribution in [0.3, 0.4) is 0 Å². The van der Waals surface area contributed by atoms with Gasteiger partial charge in [0.15, 0.2) is 0 Å². The van der Waals surface area contributed by atoms with E-state index in [2.05, 4.69) is 5.38 Å². The number of likely N-dealkylation sites (tertiary alicyclic amines) is 1. The summed E-state index contributed by atoms with van der Waals surface area (Å²) < 4.78 is 11.6. The molecule has 2 aliphatic rings. The molecule has 1 aromatic heterocycles. The lowest BCUT2D eigenvalue weighted by molar-refractivity contribution is -0.157. The molecule has 0 saturated carbocycles. The van der Waals surface area contributed by atoms with Crippen molar-refractivity contribution in [2.45, 2.75) is 43.8 Å². The summed E-state index contributed by atoms with van der Waals surface area (Å²) >= 11 is 1.64. The topological polar surface area (TPSA) is 38.8 Å². The largest absolute Gasteiger partial charge is 0.381 e. The van der Waals surface area contributed by atoms with Gasteiger partial charge in [-0.15, -0.1) is 0 Å². The lowest BCUT2D eigenvalue weighted by Gasteiger charge is -2.45. The molecule has 3 heterocycles. The van der Waals surface area contributed by atoms with Gasteiger partial charge in [0, 0.05) is 33.2 Å². The highest BCUT2D eigenvalue weighted by Gasteiger charge is 2.41. The van der Waals surface area contributed by atoms with Gasteiger partial charge in [-0.3, -0.25) is 4.79 Å². The van der Waals surface area contributed by atoms with Crippen LogP contribution in [-0.2, 0) is 20.7 Å². The van der Waals surface area contributed by atoms with E-state index in [4.69, 9.17) is 9.47 Å². The fraction of sp³-hybridized carbons (Fsp3) is 0.688. The van der Waals surface area contributed by atoms with Crippen LogP contribution in [0.4, 0.5) is 0 Å². The molecular weight excluding hydrogens is 286 g/mol. The van der Waals surface area contributed by atoms with E-state index < -0.39 is 0 Å². The van der Waals surface area contributed by atoms with Crippen LogP contribution in [0.5, 0.6) is 0 Å². The predicted molar refractivity (Wildman–Crippen MR) is 82.6 cm³/mol. The SMILES string of the molecule is COC1CCOC2(CCN(C(=O)Cc3ccsc3)CC2)C1. The third-order valence-electron chi connectivity index (χ3n) is 4.74. The molecule has 1 atom stereocenters. The Morgan fingerprint density at radius 2 is 2.33 bits per heavy atom. The normalized spacial score (nSPS) is 25.2. The van der Waals surface area contributed by atoms with Gasteiger partial charge in [-0.25, -0.2) is 0 Å². The van der Waals surface area contributed by atoms with Crippen LogP contribution in [0, 0.1) is 0 Å². The molecule has 1 unspecified atom stereocenters. The molecule has 116 valence electrons. The number of carbonyl (C=O) groups excluding carboxylic acids is 1. The average Bonchev–Trinajstić information content (AvgIpc) is 3.01. The number of nitrogens with zero attached hydrogens (tertiary/aromatic N) is 1. The van der Waals surface area contributed by atoms with Crippen molar-refractivity contribution in [3.63, 3.8) is 0 Å². The maximum Gasteiger partial charge on any atom is 0.227 e. The quantitative estimate of drug-likeness (QED) is 0.861. The maximum atomic E-state index is 12.3. The van der Waals surface area contributed by atoms with E-state index in [9.17, 15) is 4.79 Å².